The Kier molecular flexibility index (Phi) is 8.20. The largest absolute Gasteiger partial charge is 0.479 e. The van der Waals surface area contributed by atoms with E-state index in [-0.39, 0.29) is 17.8 Å². The van der Waals surface area contributed by atoms with Gasteiger partial charge in [0.2, 0.25) is 5.91 Å². The maximum atomic E-state index is 12.8. The average Bonchev–Trinajstić information content (AvgIpc) is 2.75. The van der Waals surface area contributed by atoms with Crippen LogP contribution in [-0.2, 0) is 14.3 Å². The summed E-state index contributed by atoms with van der Waals surface area (Å²) in [6, 6.07) is 5.41. The van der Waals surface area contributed by atoms with Crippen molar-refractivity contribution in [3.8, 4) is 0 Å². The number of benzene rings is 1. The molecule has 0 spiro atoms. The first-order valence-corrected chi connectivity index (χ1v) is 10.5. The summed E-state index contributed by atoms with van der Waals surface area (Å²) in [5.41, 5.74) is 5.78. The molecule has 1 heterocycles. The summed E-state index contributed by atoms with van der Waals surface area (Å²) in [5.74, 6) is -1.68. The third kappa shape index (κ3) is 6.43. The lowest BCUT2D eigenvalue weighted by Crippen LogP contribution is -2.51. The molecule has 1 saturated heterocycles. The number of nitrogens with one attached hydrogen (secondary N) is 1. The number of carboxylic acid groups (broad SMARTS) is 1. The van der Waals surface area contributed by atoms with Crippen LogP contribution in [0, 0.1) is 5.41 Å². The monoisotopic (exact) mass is 448 g/mol. The number of likely N-dealkylation sites (tertiary alicyclic amines) is 1. The number of piperidine rings is 1. The minimum Gasteiger partial charge on any atom is -0.479 e. The predicted octanol–water partition coefficient (Wildman–Crippen LogP) is 1.41. The first-order chi connectivity index (χ1) is 14.9. The number of rotatable bonds is 7. The van der Waals surface area contributed by atoms with Crippen LogP contribution in [0.1, 0.15) is 56.5 Å². The highest BCUT2D eigenvalue weighted by molar-refractivity contribution is 6.00. The summed E-state index contributed by atoms with van der Waals surface area (Å²) >= 11 is 0. The van der Waals surface area contributed by atoms with E-state index < -0.39 is 29.4 Å². The van der Waals surface area contributed by atoms with E-state index in [1.54, 1.807) is 24.0 Å². The van der Waals surface area contributed by atoms with E-state index in [0.29, 0.717) is 37.1 Å². The second-order valence-electron chi connectivity index (χ2n) is 9.00. The molecule has 5 N–H and O–H groups in total. The smallest absolute Gasteiger partial charge is 0.333 e. The van der Waals surface area contributed by atoms with Gasteiger partial charge >= 0.3 is 5.97 Å². The van der Waals surface area contributed by atoms with Gasteiger partial charge in [0, 0.05) is 24.2 Å². The van der Waals surface area contributed by atoms with E-state index >= 15 is 0 Å². The third-order valence-electron chi connectivity index (χ3n) is 5.36. The summed E-state index contributed by atoms with van der Waals surface area (Å²) in [6.45, 7) is 7.92. The summed E-state index contributed by atoms with van der Waals surface area (Å²) in [4.78, 5) is 38.4. The number of amidine groups is 1. The van der Waals surface area contributed by atoms with Crippen LogP contribution in [0.15, 0.2) is 29.4 Å². The van der Waals surface area contributed by atoms with Crippen molar-refractivity contribution in [1.29, 1.82) is 0 Å². The number of oxime groups is 1. The van der Waals surface area contributed by atoms with Crippen molar-refractivity contribution < 1.29 is 29.4 Å². The number of nitrogens with zero attached hydrogens (tertiary/aromatic N) is 2. The van der Waals surface area contributed by atoms with Gasteiger partial charge in [-0.1, -0.05) is 38.1 Å². The van der Waals surface area contributed by atoms with E-state index in [2.05, 4.69) is 10.5 Å². The van der Waals surface area contributed by atoms with E-state index in [9.17, 15) is 19.5 Å². The molecule has 1 fully saturated rings. The zero-order chi connectivity index (χ0) is 24.1. The van der Waals surface area contributed by atoms with Gasteiger partial charge < -0.3 is 31.0 Å². The van der Waals surface area contributed by atoms with Crippen LogP contribution in [0.25, 0.3) is 0 Å². The highest BCUT2D eigenvalue weighted by Crippen LogP contribution is 2.26. The van der Waals surface area contributed by atoms with Gasteiger partial charge in [0.15, 0.2) is 11.9 Å². The van der Waals surface area contributed by atoms with Gasteiger partial charge in [0.05, 0.1) is 6.10 Å². The number of nitrogens with two attached hydrogens (primary N) is 1. The fourth-order valence-corrected chi connectivity index (χ4v) is 3.50. The molecular weight excluding hydrogens is 416 g/mol. The standard InChI is InChI=1S/C22H32N4O6/c1-13(24-19(27)15-7-5-14(6-8-15)18(23)25-31)20(28)26-11-9-16(10-12-26)32-17(21(29)30)22(2,3)4/h5-8,13,16-17,31H,9-12H2,1-4H3,(H2,23,25)(H,24,27)(H,29,30). The zero-order valence-corrected chi connectivity index (χ0v) is 18.9. The van der Waals surface area contributed by atoms with E-state index in [1.165, 1.54) is 12.1 Å². The van der Waals surface area contributed by atoms with Gasteiger partial charge in [-0.25, -0.2) is 4.79 Å². The van der Waals surface area contributed by atoms with Crippen LogP contribution in [-0.4, -0.2) is 70.2 Å². The van der Waals surface area contributed by atoms with Crippen LogP contribution in [0.3, 0.4) is 0 Å². The topological polar surface area (TPSA) is 155 Å². The Hall–Kier alpha value is -3.14. The number of carbonyl (C=O) groups excluding carboxylic acids is 2. The van der Waals surface area contributed by atoms with Crippen molar-refractivity contribution in [3.63, 3.8) is 0 Å². The van der Waals surface area contributed by atoms with Crippen LogP contribution in [0.5, 0.6) is 0 Å². The normalized spacial score (nSPS) is 17.5. The Labute approximate surface area is 187 Å². The first kappa shape index (κ1) is 25.1. The van der Waals surface area contributed by atoms with Crippen molar-refractivity contribution >= 4 is 23.6 Å². The highest BCUT2D eigenvalue weighted by atomic mass is 16.5. The molecular formula is C22H32N4O6. The van der Waals surface area contributed by atoms with Crippen molar-refractivity contribution in [2.24, 2.45) is 16.3 Å². The van der Waals surface area contributed by atoms with Crippen LogP contribution in [0.4, 0.5) is 0 Å². The van der Waals surface area contributed by atoms with Crippen LogP contribution >= 0.6 is 0 Å². The molecule has 1 aromatic carbocycles. The Morgan fingerprint density at radius 1 is 1.16 bits per heavy atom. The van der Waals surface area contributed by atoms with Gasteiger partial charge in [-0.05, 0) is 37.3 Å². The van der Waals surface area contributed by atoms with Gasteiger partial charge in [-0.3, -0.25) is 9.59 Å². The third-order valence-corrected chi connectivity index (χ3v) is 5.36. The fourth-order valence-electron chi connectivity index (χ4n) is 3.50. The lowest BCUT2D eigenvalue weighted by Gasteiger charge is -2.37. The van der Waals surface area contributed by atoms with Gasteiger partial charge in [0.1, 0.15) is 6.04 Å². The molecule has 0 radical (unpaired) electrons. The molecule has 32 heavy (non-hydrogen) atoms. The summed E-state index contributed by atoms with van der Waals surface area (Å²) in [7, 11) is 0. The van der Waals surface area contributed by atoms with Crippen molar-refractivity contribution in [1.82, 2.24) is 10.2 Å². The van der Waals surface area contributed by atoms with Gasteiger partial charge in [-0.2, -0.15) is 0 Å². The molecule has 1 aliphatic rings. The maximum absolute atomic E-state index is 12.8. The first-order valence-electron chi connectivity index (χ1n) is 10.5. The predicted molar refractivity (Wildman–Crippen MR) is 117 cm³/mol. The molecule has 2 unspecified atom stereocenters. The molecule has 1 aliphatic heterocycles. The van der Waals surface area contributed by atoms with Crippen molar-refractivity contribution in [2.45, 2.75) is 58.8 Å². The molecule has 0 aromatic heterocycles. The average molecular weight is 449 g/mol. The van der Waals surface area contributed by atoms with Gasteiger partial charge in [0.25, 0.3) is 5.91 Å². The van der Waals surface area contributed by atoms with E-state index in [1.807, 2.05) is 20.8 Å². The second-order valence-corrected chi connectivity index (χ2v) is 9.00. The molecule has 1 aromatic rings. The van der Waals surface area contributed by atoms with Gasteiger partial charge in [-0.15, -0.1) is 0 Å². The van der Waals surface area contributed by atoms with Crippen LogP contribution in [0.2, 0.25) is 0 Å². The quantitative estimate of drug-likeness (QED) is 0.213. The minimum absolute atomic E-state index is 0.0648. The molecule has 176 valence electrons. The molecule has 2 atom stereocenters. The Balaban J connectivity index is 1.88. The number of aliphatic carboxylic acids is 1. The molecule has 10 nitrogen and oxygen atoms in total. The summed E-state index contributed by atoms with van der Waals surface area (Å²) < 4.78 is 5.82. The molecule has 0 aliphatic carbocycles. The SMILES string of the molecule is CC(NC(=O)c1ccc(/C(N)=N/O)cc1)C(=O)N1CCC(OC(C(=O)O)C(C)(C)C)CC1. The molecule has 0 bridgehead atoms. The van der Waals surface area contributed by atoms with Crippen molar-refractivity contribution in [2.75, 3.05) is 13.1 Å². The Morgan fingerprint density at radius 3 is 2.16 bits per heavy atom. The molecule has 0 saturated carbocycles. The fraction of sp³-hybridized carbons (Fsp3) is 0.545. The number of amides is 2. The lowest BCUT2D eigenvalue weighted by atomic mass is 9.88. The van der Waals surface area contributed by atoms with Crippen molar-refractivity contribution in [3.05, 3.63) is 35.4 Å². The molecule has 10 heteroatoms. The van der Waals surface area contributed by atoms with E-state index in [4.69, 9.17) is 15.7 Å². The van der Waals surface area contributed by atoms with E-state index in [0.717, 1.165) is 0 Å². The Morgan fingerprint density at radius 2 is 1.69 bits per heavy atom. The summed E-state index contributed by atoms with van der Waals surface area (Å²) in [6.07, 6.45) is -0.0978. The molecule has 2 amide bonds. The number of hydrogen-bond donors (Lipinski definition) is 4. The number of carboxylic acids is 1. The minimum atomic E-state index is -0.994. The lowest BCUT2D eigenvalue weighted by molar-refractivity contribution is -0.167. The highest BCUT2D eigenvalue weighted by Gasteiger charge is 2.36. The maximum Gasteiger partial charge on any atom is 0.333 e. The number of hydrogen-bond acceptors (Lipinski definition) is 6. The Bertz CT molecular complexity index is 854. The number of carbonyl (C=O) groups is 3. The number of ether oxygens (including phenoxy) is 1. The van der Waals surface area contributed by atoms with Crippen LogP contribution < -0.4 is 11.1 Å². The second kappa shape index (κ2) is 10.4. The zero-order valence-electron chi connectivity index (χ0n) is 18.9. The summed E-state index contributed by atoms with van der Waals surface area (Å²) in [5, 5.41) is 23.7. The molecule has 2 rings (SSSR count).